The molecule has 0 spiro atoms. The predicted molar refractivity (Wildman–Crippen MR) is 73.8 cm³/mol. The molecule has 1 fully saturated rings. The summed E-state index contributed by atoms with van der Waals surface area (Å²) in [6.45, 7) is 1.78. The lowest BCUT2D eigenvalue weighted by molar-refractivity contribution is -0.116. The minimum absolute atomic E-state index is 0.0593. The number of hydrogen-bond acceptors (Lipinski definition) is 3. The highest BCUT2D eigenvalue weighted by Gasteiger charge is 2.23. The van der Waals surface area contributed by atoms with Crippen molar-refractivity contribution in [3.63, 3.8) is 0 Å². The fourth-order valence-corrected chi connectivity index (χ4v) is 1.71. The number of anilines is 1. The lowest BCUT2D eigenvalue weighted by Gasteiger charge is -2.08. The van der Waals surface area contributed by atoms with Crippen LogP contribution in [0.4, 0.5) is 5.69 Å². The Morgan fingerprint density at radius 3 is 2.47 bits per heavy atom. The van der Waals surface area contributed by atoms with Crippen LogP contribution >= 0.6 is 0 Å². The zero-order chi connectivity index (χ0) is 13.8. The Labute approximate surface area is 112 Å². The molecule has 0 radical (unpaired) electrons. The van der Waals surface area contributed by atoms with Crippen molar-refractivity contribution in [1.82, 2.24) is 5.32 Å². The highest BCUT2D eigenvalue weighted by atomic mass is 16.2. The first-order valence-corrected chi connectivity index (χ1v) is 6.51. The van der Waals surface area contributed by atoms with Crippen LogP contribution in [0.3, 0.4) is 0 Å². The number of amides is 2. The van der Waals surface area contributed by atoms with E-state index < -0.39 is 0 Å². The molecular weight excluding hydrogens is 242 g/mol. The average Bonchev–Trinajstić information content (AvgIpc) is 3.12. The van der Waals surface area contributed by atoms with Crippen molar-refractivity contribution >= 4 is 17.5 Å². The van der Waals surface area contributed by atoms with Crippen LogP contribution in [0.2, 0.25) is 0 Å². The number of benzene rings is 1. The SMILES string of the molecule is CC(N)CC(=O)Nc1ccc(C(=O)NC2CC2)cc1. The van der Waals surface area contributed by atoms with Gasteiger partial charge in [-0.1, -0.05) is 0 Å². The summed E-state index contributed by atoms with van der Waals surface area (Å²) >= 11 is 0. The van der Waals surface area contributed by atoms with E-state index in [1.54, 1.807) is 31.2 Å². The van der Waals surface area contributed by atoms with Gasteiger partial charge >= 0.3 is 0 Å². The molecule has 1 saturated carbocycles. The number of carbonyl (C=O) groups is 2. The Kier molecular flexibility index (Phi) is 4.16. The molecule has 1 aliphatic rings. The molecule has 1 aromatic rings. The van der Waals surface area contributed by atoms with Crippen LogP contribution in [0.15, 0.2) is 24.3 Å². The van der Waals surface area contributed by atoms with Crippen LogP contribution < -0.4 is 16.4 Å². The van der Waals surface area contributed by atoms with Crippen molar-refractivity contribution in [2.75, 3.05) is 5.32 Å². The Morgan fingerprint density at radius 1 is 1.32 bits per heavy atom. The highest BCUT2D eigenvalue weighted by molar-refractivity contribution is 5.96. The molecule has 2 rings (SSSR count). The van der Waals surface area contributed by atoms with Crippen molar-refractivity contribution in [1.29, 1.82) is 0 Å². The molecule has 5 nitrogen and oxygen atoms in total. The van der Waals surface area contributed by atoms with Gasteiger partial charge in [-0.15, -0.1) is 0 Å². The number of nitrogens with two attached hydrogens (primary N) is 1. The van der Waals surface area contributed by atoms with Gasteiger partial charge in [0.2, 0.25) is 5.91 Å². The minimum Gasteiger partial charge on any atom is -0.349 e. The second-order valence-electron chi connectivity index (χ2n) is 5.05. The number of nitrogens with one attached hydrogen (secondary N) is 2. The topological polar surface area (TPSA) is 84.2 Å². The van der Waals surface area contributed by atoms with Crippen LogP contribution in [0.1, 0.15) is 36.5 Å². The van der Waals surface area contributed by atoms with Crippen LogP contribution in [-0.4, -0.2) is 23.9 Å². The molecule has 102 valence electrons. The molecule has 19 heavy (non-hydrogen) atoms. The quantitative estimate of drug-likeness (QED) is 0.746. The third-order valence-electron chi connectivity index (χ3n) is 2.85. The molecular formula is C14H19N3O2. The van der Waals surface area contributed by atoms with E-state index in [1.165, 1.54) is 0 Å². The third-order valence-corrected chi connectivity index (χ3v) is 2.85. The molecule has 1 unspecified atom stereocenters. The zero-order valence-corrected chi connectivity index (χ0v) is 11.0. The Hall–Kier alpha value is -1.88. The van der Waals surface area contributed by atoms with Crippen LogP contribution in [0.25, 0.3) is 0 Å². The molecule has 0 saturated heterocycles. The molecule has 1 atom stereocenters. The predicted octanol–water partition coefficient (Wildman–Crippen LogP) is 1.25. The van der Waals surface area contributed by atoms with E-state index in [2.05, 4.69) is 10.6 Å². The average molecular weight is 261 g/mol. The van der Waals surface area contributed by atoms with Gasteiger partial charge in [0.05, 0.1) is 0 Å². The first-order valence-electron chi connectivity index (χ1n) is 6.51. The van der Waals surface area contributed by atoms with E-state index in [0.29, 0.717) is 17.3 Å². The molecule has 2 amide bonds. The molecule has 1 aromatic carbocycles. The maximum atomic E-state index is 11.8. The summed E-state index contributed by atoms with van der Waals surface area (Å²) in [7, 11) is 0. The van der Waals surface area contributed by atoms with Crippen molar-refractivity contribution in [2.24, 2.45) is 5.73 Å². The summed E-state index contributed by atoms with van der Waals surface area (Å²) in [5.74, 6) is -0.180. The molecule has 5 heteroatoms. The van der Waals surface area contributed by atoms with Gasteiger partial charge in [0.25, 0.3) is 5.91 Å². The smallest absolute Gasteiger partial charge is 0.251 e. The molecule has 0 aromatic heterocycles. The zero-order valence-electron chi connectivity index (χ0n) is 11.0. The van der Waals surface area contributed by atoms with Gasteiger partial charge in [0.15, 0.2) is 0 Å². The molecule has 0 bridgehead atoms. The van der Waals surface area contributed by atoms with Gasteiger partial charge in [-0.2, -0.15) is 0 Å². The van der Waals surface area contributed by atoms with Gasteiger partial charge in [0, 0.05) is 29.8 Å². The molecule has 4 N–H and O–H groups in total. The van der Waals surface area contributed by atoms with Crippen molar-refractivity contribution < 1.29 is 9.59 Å². The first-order chi connectivity index (χ1) is 9.04. The van der Waals surface area contributed by atoms with Crippen LogP contribution in [0.5, 0.6) is 0 Å². The summed E-state index contributed by atoms with van der Waals surface area (Å²) in [5, 5.41) is 5.66. The summed E-state index contributed by atoms with van der Waals surface area (Å²) < 4.78 is 0. The number of carbonyl (C=O) groups excluding carboxylic acids is 2. The van der Waals surface area contributed by atoms with Crippen LogP contribution in [0, 0.1) is 0 Å². The summed E-state index contributed by atoms with van der Waals surface area (Å²) in [4.78, 5) is 23.3. The van der Waals surface area contributed by atoms with E-state index >= 15 is 0 Å². The van der Waals surface area contributed by atoms with Gasteiger partial charge in [-0.05, 0) is 44.0 Å². The standard InChI is InChI=1S/C14H19N3O2/c1-9(15)8-13(18)16-11-4-2-10(3-5-11)14(19)17-12-6-7-12/h2-5,9,12H,6-8,15H2,1H3,(H,16,18)(H,17,19). The largest absolute Gasteiger partial charge is 0.349 e. The van der Waals surface area contributed by atoms with E-state index in [1.807, 2.05) is 0 Å². The van der Waals surface area contributed by atoms with Gasteiger partial charge in [-0.3, -0.25) is 9.59 Å². The lowest BCUT2D eigenvalue weighted by Crippen LogP contribution is -2.25. The molecule has 0 heterocycles. The van der Waals surface area contributed by atoms with Gasteiger partial charge < -0.3 is 16.4 Å². The monoisotopic (exact) mass is 261 g/mol. The van der Waals surface area contributed by atoms with E-state index in [0.717, 1.165) is 12.8 Å². The summed E-state index contributed by atoms with van der Waals surface area (Å²) in [6, 6.07) is 7.04. The minimum atomic E-state index is -0.163. The third kappa shape index (κ3) is 4.37. The van der Waals surface area contributed by atoms with E-state index in [-0.39, 0.29) is 24.3 Å². The Balaban J connectivity index is 1.90. The first kappa shape index (κ1) is 13.5. The van der Waals surface area contributed by atoms with E-state index in [9.17, 15) is 9.59 Å². The summed E-state index contributed by atoms with van der Waals surface area (Å²) in [5.41, 5.74) is 6.83. The second-order valence-corrected chi connectivity index (χ2v) is 5.05. The molecule has 1 aliphatic carbocycles. The van der Waals surface area contributed by atoms with Gasteiger partial charge in [-0.25, -0.2) is 0 Å². The summed E-state index contributed by atoms with van der Waals surface area (Å²) in [6.07, 6.45) is 2.41. The van der Waals surface area contributed by atoms with Crippen molar-refractivity contribution in [2.45, 2.75) is 38.3 Å². The lowest BCUT2D eigenvalue weighted by atomic mass is 10.2. The fourth-order valence-electron chi connectivity index (χ4n) is 1.71. The van der Waals surface area contributed by atoms with E-state index in [4.69, 9.17) is 5.73 Å². The normalized spacial score (nSPS) is 15.7. The highest BCUT2D eigenvalue weighted by Crippen LogP contribution is 2.19. The second kappa shape index (κ2) is 5.84. The maximum Gasteiger partial charge on any atom is 0.251 e. The van der Waals surface area contributed by atoms with Crippen molar-refractivity contribution in [3.05, 3.63) is 29.8 Å². The number of rotatable bonds is 5. The maximum absolute atomic E-state index is 11.8. The number of hydrogen-bond donors (Lipinski definition) is 3. The van der Waals surface area contributed by atoms with Crippen molar-refractivity contribution in [3.8, 4) is 0 Å². The van der Waals surface area contributed by atoms with Gasteiger partial charge in [0.1, 0.15) is 0 Å². The molecule has 0 aliphatic heterocycles. The Morgan fingerprint density at radius 2 is 1.95 bits per heavy atom. The fraction of sp³-hybridized carbons (Fsp3) is 0.429. The Bertz CT molecular complexity index is 464. The van der Waals surface area contributed by atoms with Crippen LogP contribution in [-0.2, 0) is 4.79 Å².